The van der Waals surface area contributed by atoms with Gasteiger partial charge in [-0.15, -0.1) is 0 Å². The van der Waals surface area contributed by atoms with Gasteiger partial charge in [0.1, 0.15) is 18.1 Å². The molecule has 26 heavy (non-hydrogen) atoms. The minimum atomic E-state index is -0.228. The molecule has 1 aliphatic rings. The third kappa shape index (κ3) is 2.99. The summed E-state index contributed by atoms with van der Waals surface area (Å²) >= 11 is 0. The third-order valence-electron chi connectivity index (χ3n) is 4.35. The number of anilines is 1. The first-order chi connectivity index (χ1) is 12.6. The largest absolute Gasteiger partial charge is 0.482 e. The van der Waals surface area contributed by atoms with Crippen LogP contribution in [0, 0.1) is 0 Å². The Morgan fingerprint density at radius 2 is 2.00 bits per heavy atom. The Morgan fingerprint density at radius 3 is 2.85 bits per heavy atom. The van der Waals surface area contributed by atoms with E-state index in [4.69, 9.17) is 4.74 Å². The summed E-state index contributed by atoms with van der Waals surface area (Å²) in [6.45, 7) is 0.251. The minimum absolute atomic E-state index is 0.0318. The van der Waals surface area contributed by atoms with Crippen LogP contribution in [-0.4, -0.2) is 46.9 Å². The fraction of sp³-hybridized carbons (Fsp3) is 0.211. The highest BCUT2D eigenvalue weighted by atomic mass is 16.5. The second kappa shape index (κ2) is 6.51. The lowest BCUT2D eigenvalue weighted by Gasteiger charge is -2.30. The summed E-state index contributed by atoms with van der Waals surface area (Å²) in [4.78, 5) is 35.6. The van der Waals surface area contributed by atoms with E-state index in [1.165, 1.54) is 4.90 Å². The number of aromatic nitrogens is 2. The second-order valence-electron chi connectivity index (χ2n) is 6.19. The zero-order chi connectivity index (χ0) is 18.1. The maximum Gasteiger partial charge on any atom is 0.265 e. The number of nitrogens with zero attached hydrogens (tertiary/aromatic N) is 3. The number of aromatic amines is 1. The molecule has 3 aromatic rings. The molecule has 4 rings (SSSR count). The van der Waals surface area contributed by atoms with E-state index in [1.54, 1.807) is 24.1 Å². The van der Waals surface area contributed by atoms with Gasteiger partial charge < -0.3 is 14.6 Å². The van der Waals surface area contributed by atoms with Crippen LogP contribution in [-0.2, 0) is 16.1 Å². The maximum atomic E-state index is 12.6. The first-order valence-corrected chi connectivity index (χ1v) is 8.31. The summed E-state index contributed by atoms with van der Waals surface area (Å²) in [7, 11) is 1.70. The van der Waals surface area contributed by atoms with Crippen molar-refractivity contribution in [2.45, 2.75) is 6.54 Å². The van der Waals surface area contributed by atoms with Crippen LogP contribution in [0.2, 0.25) is 0 Å². The van der Waals surface area contributed by atoms with Crippen LogP contribution in [0.1, 0.15) is 5.82 Å². The van der Waals surface area contributed by atoms with Gasteiger partial charge in [-0.2, -0.15) is 0 Å². The van der Waals surface area contributed by atoms with E-state index in [0.717, 1.165) is 11.0 Å². The van der Waals surface area contributed by atoms with Gasteiger partial charge in [0.15, 0.2) is 6.61 Å². The predicted octanol–water partition coefficient (Wildman–Crippen LogP) is 1.95. The van der Waals surface area contributed by atoms with E-state index < -0.39 is 0 Å². The van der Waals surface area contributed by atoms with Crippen LogP contribution in [0.4, 0.5) is 5.69 Å². The second-order valence-corrected chi connectivity index (χ2v) is 6.19. The number of nitrogens with one attached hydrogen (secondary N) is 1. The first-order valence-electron chi connectivity index (χ1n) is 8.31. The molecule has 0 saturated heterocycles. The molecule has 0 radical (unpaired) electrons. The van der Waals surface area contributed by atoms with Gasteiger partial charge in [-0.1, -0.05) is 24.3 Å². The first kappa shape index (κ1) is 16.1. The van der Waals surface area contributed by atoms with E-state index in [9.17, 15) is 9.59 Å². The molecule has 7 nitrogen and oxygen atoms in total. The number of para-hydroxylation sites is 4. The molecule has 1 aliphatic heterocycles. The van der Waals surface area contributed by atoms with E-state index in [-0.39, 0.29) is 25.0 Å². The molecule has 0 bridgehead atoms. The third-order valence-corrected chi connectivity index (χ3v) is 4.35. The fourth-order valence-electron chi connectivity index (χ4n) is 2.98. The van der Waals surface area contributed by atoms with E-state index in [0.29, 0.717) is 23.8 Å². The van der Waals surface area contributed by atoms with E-state index in [1.807, 2.05) is 36.4 Å². The lowest BCUT2D eigenvalue weighted by atomic mass is 10.2. The maximum absolute atomic E-state index is 12.6. The molecule has 2 amide bonds. The number of fused-ring (bicyclic) bond motifs is 2. The van der Waals surface area contributed by atoms with Crippen molar-refractivity contribution < 1.29 is 14.3 Å². The Bertz CT molecular complexity index is 949. The topological polar surface area (TPSA) is 78.5 Å². The van der Waals surface area contributed by atoms with Gasteiger partial charge in [0.05, 0.1) is 23.3 Å². The van der Waals surface area contributed by atoms with Crippen molar-refractivity contribution in [3.63, 3.8) is 0 Å². The SMILES string of the molecule is CN(Cc1nc2ccccc2[nH]1)C(=O)CN1C(=O)COc2ccccc21. The summed E-state index contributed by atoms with van der Waals surface area (Å²) in [6, 6.07) is 14.9. The molecule has 1 aromatic heterocycles. The summed E-state index contributed by atoms with van der Waals surface area (Å²) in [6.07, 6.45) is 0. The number of benzene rings is 2. The smallest absolute Gasteiger partial charge is 0.265 e. The summed E-state index contributed by atoms with van der Waals surface area (Å²) < 4.78 is 5.41. The number of amides is 2. The molecule has 0 spiro atoms. The Hall–Kier alpha value is -3.35. The Labute approximate surface area is 150 Å². The highest BCUT2D eigenvalue weighted by Crippen LogP contribution is 2.31. The number of rotatable bonds is 4. The van der Waals surface area contributed by atoms with Crippen molar-refractivity contribution >= 4 is 28.5 Å². The lowest BCUT2D eigenvalue weighted by Crippen LogP contribution is -2.45. The van der Waals surface area contributed by atoms with Gasteiger partial charge in [-0.3, -0.25) is 14.5 Å². The van der Waals surface area contributed by atoms with Gasteiger partial charge in [0.25, 0.3) is 5.91 Å². The number of hydrogen-bond donors (Lipinski definition) is 1. The van der Waals surface area contributed by atoms with E-state index >= 15 is 0 Å². The normalized spacial score (nSPS) is 13.4. The summed E-state index contributed by atoms with van der Waals surface area (Å²) in [5.74, 6) is 0.917. The van der Waals surface area contributed by atoms with Crippen LogP contribution >= 0.6 is 0 Å². The Morgan fingerprint density at radius 1 is 1.23 bits per heavy atom. The van der Waals surface area contributed by atoms with Crippen LogP contribution in [0.25, 0.3) is 11.0 Å². The van der Waals surface area contributed by atoms with Crippen molar-refractivity contribution in [3.05, 3.63) is 54.4 Å². The standard InChI is InChI=1S/C19H18N4O3/c1-22(10-17-20-13-6-2-3-7-14(13)21-17)18(24)11-23-15-8-4-5-9-16(15)26-12-19(23)25/h2-9H,10-12H2,1H3,(H,20,21). The summed E-state index contributed by atoms with van der Waals surface area (Å²) in [5, 5.41) is 0. The molecule has 7 heteroatoms. The molecular weight excluding hydrogens is 332 g/mol. The number of H-pyrrole nitrogens is 1. The number of carbonyl (C=O) groups is 2. The molecule has 0 fully saturated rings. The van der Waals surface area contributed by atoms with Gasteiger partial charge in [0.2, 0.25) is 5.91 Å². The van der Waals surface area contributed by atoms with Crippen LogP contribution in [0.3, 0.4) is 0 Å². The highest BCUT2D eigenvalue weighted by molar-refractivity contribution is 6.02. The average molecular weight is 350 g/mol. The van der Waals surface area contributed by atoms with Crippen LogP contribution < -0.4 is 9.64 Å². The van der Waals surface area contributed by atoms with Crippen molar-refractivity contribution in [1.82, 2.24) is 14.9 Å². The quantitative estimate of drug-likeness (QED) is 0.780. The Balaban J connectivity index is 1.48. The number of hydrogen-bond acceptors (Lipinski definition) is 4. The number of imidazole rings is 1. The number of carbonyl (C=O) groups excluding carboxylic acids is 2. The van der Waals surface area contributed by atoms with Gasteiger partial charge in [0, 0.05) is 7.05 Å². The highest BCUT2D eigenvalue weighted by Gasteiger charge is 2.28. The van der Waals surface area contributed by atoms with Crippen molar-refractivity contribution in [1.29, 1.82) is 0 Å². The number of ether oxygens (including phenoxy) is 1. The molecule has 0 aliphatic carbocycles. The summed E-state index contributed by atoms with van der Waals surface area (Å²) in [5.41, 5.74) is 2.41. The minimum Gasteiger partial charge on any atom is -0.482 e. The zero-order valence-corrected chi connectivity index (χ0v) is 14.3. The number of likely N-dealkylation sites (N-methyl/N-ethyl adjacent to an activating group) is 1. The molecule has 0 atom stereocenters. The molecule has 2 aromatic carbocycles. The van der Waals surface area contributed by atoms with Gasteiger partial charge >= 0.3 is 0 Å². The monoisotopic (exact) mass is 350 g/mol. The van der Waals surface area contributed by atoms with Crippen LogP contribution in [0.15, 0.2) is 48.5 Å². The molecule has 1 N–H and O–H groups in total. The van der Waals surface area contributed by atoms with E-state index in [2.05, 4.69) is 9.97 Å². The van der Waals surface area contributed by atoms with Gasteiger partial charge in [-0.25, -0.2) is 4.98 Å². The zero-order valence-electron chi connectivity index (χ0n) is 14.3. The Kier molecular flexibility index (Phi) is 4.04. The molecule has 2 heterocycles. The molecule has 132 valence electrons. The average Bonchev–Trinajstić information content (AvgIpc) is 3.06. The molecule has 0 saturated carbocycles. The lowest BCUT2D eigenvalue weighted by molar-refractivity contribution is -0.131. The predicted molar refractivity (Wildman–Crippen MR) is 96.9 cm³/mol. The van der Waals surface area contributed by atoms with Gasteiger partial charge in [-0.05, 0) is 24.3 Å². The molecule has 0 unspecified atom stereocenters. The van der Waals surface area contributed by atoms with Crippen molar-refractivity contribution in [3.8, 4) is 5.75 Å². The van der Waals surface area contributed by atoms with Crippen molar-refractivity contribution in [2.75, 3.05) is 25.1 Å². The molecular formula is C19H18N4O3. The van der Waals surface area contributed by atoms with Crippen molar-refractivity contribution in [2.24, 2.45) is 0 Å². The fourth-order valence-corrected chi connectivity index (χ4v) is 2.98. The van der Waals surface area contributed by atoms with Crippen LogP contribution in [0.5, 0.6) is 5.75 Å².